The molecule has 0 radical (unpaired) electrons. The van der Waals surface area contributed by atoms with Gasteiger partial charge in [-0.25, -0.2) is 19.6 Å². The first-order chi connectivity index (χ1) is 9.83. The van der Waals surface area contributed by atoms with Crippen molar-refractivity contribution in [3.63, 3.8) is 0 Å². The summed E-state index contributed by atoms with van der Waals surface area (Å²) < 4.78 is 0. The molecule has 2 aliphatic rings. The van der Waals surface area contributed by atoms with Crippen LogP contribution in [-0.4, -0.2) is 24.2 Å². The molecular formula is C16H22N2O2. The lowest BCUT2D eigenvalue weighted by Gasteiger charge is -2.27. The number of rotatable bonds is 4. The van der Waals surface area contributed by atoms with Crippen LogP contribution < -0.4 is 0 Å². The topological polar surface area (TPSA) is 58.9 Å². The molecule has 0 N–H and O–H groups in total. The molecule has 2 saturated carbocycles. The molecule has 2 atom stereocenters. The molecule has 0 bridgehead atoms. The Balaban J connectivity index is 1.85. The molecule has 0 aliphatic heterocycles. The second kappa shape index (κ2) is 7.94. The molecule has 2 aliphatic carbocycles. The Hall–Kier alpha value is -1.50. The van der Waals surface area contributed by atoms with Crippen LogP contribution in [0.3, 0.4) is 0 Å². The van der Waals surface area contributed by atoms with Gasteiger partial charge in [0.25, 0.3) is 0 Å². The summed E-state index contributed by atoms with van der Waals surface area (Å²) in [6, 6.07) is 0.313. The van der Waals surface area contributed by atoms with Crippen molar-refractivity contribution >= 4 is 12.2 Å². The quantitative estimate of drug-likeness (QED) is 0.448. The van der Waals surface area contributed by atoms with Gasteiger partial charge in [0.2, 0.25) is 12.2 Å². The lowest BCUT2D eigenvalue weighted by Crippen LogP contribution is -2.22. The van der Waals surface area contributed by atoms with E-state index in [1.807, 2.05) is 0 Å². The highest BCUT2D eigenvalue weighted by molar-refractivity contribution is 5.34. The highest BCUT2D eigenvalue weighted by Gasteiger charge is 2.24. The normalized spacial score (nSPS) is 34.2. The van der Waals surface area contributed by atoms with Crippen molar-refractivity contribution in [2.45, 2.75) is 63.5 Å². The van der Waals surface area contributed by atoms with Crippen LogP contribution in [0.4, 0.5) is 0 Å². The average molecular weight is 274 g/mol. The zero-order valence-corrected chi connectivity index (χ0v) is 11.8. The van der Waals surface area contributed by atoms with Crippen LogP contribution in [0.25, 0.3) is 0 Å². The Kier molecular flexibility index (Phi) is 5.91. The average Bonchev–Trinajstić information content (AvgIpc) is 2.48. The lowest BCUT2D eigenvalue weighted by molar-refractivity contribution is 0.352. The second-order valence-corrected chi connectivity index (χ2v) is 5.91. The van der Waals surface area contributed by atoms with Gasteiger partial charge >= 0.3 is 0 Å². The van der Waals surface area contributed by atoms with Gasteiger partial charge in [-0.3, -0.25) is 0 Å². The summed E-state index contributed by atoms with van der Waals surface area (Å²) in [5.74, 6) is 0.979. The molecule has 0 aromatic heterocycles. The zero-order chi connectivity index (χ0) is 14.2. The van der Waals surface area contributed by atoms with Crippen molar-refractivity contribution in [1.29, 1.82) is 0 Å². The first-order valence-corrected chi connectivity index (χ1v) is 7.65. The monoisotopic (exact) mass is 274 g/mol. The molecule has 0 aromatic rings. The standard InChI is InChI=1S/C16H22N2O2/c19-11-17-15-9-6-13(7-10-15)5-8-14-3-1-2-4-16(14)18-12-20/h5,8,13-16H,1-4,6-7,9-10H2/b8-5+. The van der Waals surface area contributed by atoms with E-state index in [2.05, 4.69) is 22.1 Å². The molecule has 4 nitrogen and oxygen atoms in total. The van der Waals surface area contributed by atoms with Gasteiger partial charge in [-0.15, -0.1) is 0 Å². The predicted molar refractivity (Wildman–Crippen MR) is 76.9 cm³/mol. The molecule has 20 heavy (non-hydrogen) atoms. The van der Waals surface area contributed by atoms with Crippen molar-refractivity contribution in [1.82, 2.24) is 0 Å². The summed E-state index contributed by atoms with van der Waals surface area (Å²) in [5, 5.41) is 0. The predicted octanol–water partition coefficient (Wildman–Crippen LogP) is 3.33. The molecule has 108 valence electrons. The van der Waals surface area contributed by atoms with Crippen LogP contribution in [-0.2, 0) is 9.59 Å². The summed E-state index contributed by atoms with van der Waals surface area (Å²) in [6.45, 7) is 0. The fourth-order valence-corrected chi connectivity index (χ4v) is 3.39. The van der Waals surface area contributed by atoms with Gasteiger partial charge < -0.3 is 0 Å². The number of isocyanates is 2. The minimum absolute atomic E-state index is 0.133. The third-order valence-electron chi connectivity index (χ3n) is 4.61. The van der Waals surface area contributed by atoms with Gasteiger partial charge in [-0.1, -0.05) is 25.0 Å². The fourth-order valence-electron chi connectivity index (χ4n) is 3.39. The molecule has 2 fully saturated rings. The van der Waals surface area contributed by atoms with E-state index < -0.39 is 0 Å². The van der Waals surface area contributed by atoms with Crippen LogP contribution >= 0.6 is 0 Å². The van der Waals surface area contributed by atoms with Crippen molar-refractivity contribution in [2.75, 3.05) is 0 Å². The number of carbonyl (C=O) groups excluding carboxylic acids is 2. The minimum Gasteiger partial charge on any atom is -0.211 e. The van der Waals surface area contributed by atoms with Gasteiger partial charge in [0.05, 0.1) is 12.1 Å². The summed E-state index contributed by atoms with van der Waals surface area (Å²) in [5.41, 5.74) is 0. The van der Waals surface area contributed by atoms with Gasteiger partial charge in [-0.2, -0.15) is 0 Å². The van der Waals surface area contributed by atoms with Crippen molar-refractivity contribution in [2.24, 2.45) is 21.8 Å². The SMILES string of the molecule is O=C=NC1CCC(/C=C/C2CCCCC2N=C=O)CC1. The molecule has 0 aromatic carbocycles. The van der Waals surface area contributed by atoms with Gasteiger partial charge in [0, 0.05) is 5.92 Å². The third kappa shape index (κ3) is 4.26. The van der Waals surface area contributed by atoms with Crippen LogP contribution in [0.2, 0.25) is 0 Å². The Bertz CT molecular complexity index is 426. The molecule has 0 spiro atoms. The Morgan fingerprint density at radius 1 is 0.800 bits per heavy atom. The summed E-state index contributed by atoms with van der Waals surface area (Å²) in [4.78, 5) is 28.5. The molecule has 4 heteroatoms. The Labute approximate surface area is 120 Å². The lowest BCUT2D eigenvalue weighted by atomic mass is 9.81. The molecule has 0 heterocycles. The number of hydrogen-bond donors (Lipinski definition) is 0. The van der Waals surface area contributed by atoms with Crippen molar-refractivity contribution in [3.05, 3.63) is 12.2 Å². The fraction of sp³-hybridized carbons (Fsp3) is 0.750. The molecule has 0 amide bonds. The van der Waals surface area contributed by atoms with Crippen LogP contribution in [0.5, 0.6) is 0 Å². The smallest absolute Gasteiger partial charge is 0.211 e. The summed E-state index contributed by atoms with van der Waals surface area (Å²) in [7, 11) is 0. The number of aliphatic imine (C=N–C) groups is 2. The number of nitrogens with zero attached hydrogens (tertiary/aromatic N) is 2. The summed E-state index contributed by atoms with van der Waals surface area (Å²) >= 11 is 0. The van der Waals surface area contributed by atoms with E-state index >= 15 is 0 Å². The Morgan fingerprint density at radius 3 is 2.20 bits per heavy atom. The van der Waals surface area contributed by atoms with E-state index in [1.54, 1.807) is 12.2 Å². The summed E-state index contributed by atoms with van der Waals surface area (Å²) in [6.07, 6.45) is 16.6. The molecule has 2 unspecified atom stereocenters. The largest absolute Gasteiger partial charge is 0.235 e. The maximum Gasteiger partial charge on any atom is 0.235 e. The first kappa shape index (κ1) is 14.9. The molecular weight excluding hydrogens is 252 g/mol. The maximum absolute atomic E-state index is 10.5. The van der Waals surface area contributed by atoms with Crippen molar-refractivity contribution < 1.29 is 9.59 Å². The van der Waals surface area contributed by atoms with Gasteiger partial charge in [0.15, 0.2) is 0 Å². The van der Waals surface area contributed by atoms with E-state index in [0.29, 0.717) is 11.8 Å². The van der Waals surface area contributed by atoms with Crippen LogP contribution in [0.1, 0.15) is 51.4 Å². The maximum atomic E-state index is 10.5. The number of hydrogen-bond acceptors (Lipinski definition) is 4. The highest BCUT2D eigenvalue weighted by Crippen LogP contribution is 2.31. The van der Waals surface area contributed by atoms with E-state index in [9.17, 15) is 9.59 Å². The highest BCUT2D eigenvalue weighted by atomic mass is 16.1. The van der Waals surface area contributed by atoms with E-state index in [4.69, 9.17) is 0 Å². The number of allylic oxidation sites excluding steroid dienone is 1. The second-order valence-electron chi connectivity index (χ2n) is 5.91. The van der Waals surface area contributed by atoms with Gasteiger partial charge in [0.1, 0.15) is 0 Å². The first-order valence-electron chi connectivity index (χ1n) is 7.65. The molecule has 0 saturated heterocycles. The van der Waals surface area contributed by atoms with E-state index in [1.165, 1.54) is 6.42 Å². The Morgan fingerprint density at radius 2 is 1.50 bits per heavy atom. The van der Waals surface area contributed by atoms with E-state index in [0.717, 1.165) is 44.9 Å². The van der Waals surface area contributed by atoms with Gasteiger partial charge in [-0.05, 0) is 44.4 Å². The molecule has 2 rings (SSSR count). The minimum atomic E-state index is 0.133. The zero-order valence-electron chi connectivity index (χ0n) is 11.8. The van der Waals surface area contributed by atoms with E-state index in [-0.39, 0.29) is 12.1 Å². The van der Waals surface area contributed by atoms with Crippen LogP contribution in [0.15, 0.2) is 22.1 Å². The van der Waals surface area contributed by atoms with Crippen LogP contribution in [0, 0.1) is 11.8 Å². The third-order valence-corrected chi connectivity index (χ3v) is 4.61. The van der Waals surface area contributed by atoms with Crippen molar-refractivity contribution in [3.8, 4) is 0 Å².